The van der Waals surface area contributed by atoms with Crippen LogP contribution in [0.15, 0.2) is 40.8 Å². The van der Waals surface area contributed by atoms with Gasteiger partial charge in [0.25, 0.3) is 5.91 Å². The van der Waals surface area contributed by atoms with Crippen LogP contribution >= 0.6 is 11.3 Å². The summed E-state index contributed by atoms with van der Waals surface area (Å²) in [6.45, 7) is 4.48. The van der Waals surface area contributed by atoms with Crippen molar-refractivity contribution in [1.82, 2.24) is 9.88 Å². The number of morpholine rings is 1. The minimum atomic E-state index is -0.671. The molecule has 2 aromatic heterocycles. The van der Waals surface area contributed by atoms with E-state index in [1.54, 1.807) is 11.0 Å². The Balaban J connectivity index is 1.38. The summed E-state index contributed by atoms with van der Waals surface area (Å²) in [5.74, 6) is -0.371. The molecule has 1 amide bonds. The molecular weight excluding hydrogens is 380 g/mol. The summed E-state index contributed by atoms with van der Waals surface area (Å²) in [4.78, 5) is 30.7. The van der Waals surface area contributed by atoms with Crippen molar-refractivity contribution < 1.29 is 23.5 Å². The van der Waals surface area contributed by atoms with Crippen molar-refractivity contribution in [1.29, 1.82) is 0 Å². The molecule has 1 saturated heterocycles. The number of benzene rings is 1. The van der Waals surface area contributed by atoms with Gasteiger partial charge in [-0.3, -0.25) is 4.79 Å². The molecule has 0 unspecified atom stereocenters. The summed E-state index contributed by atoms with van der Waals surface area (Å²) >= 11 is 1.48. The second-order valence-corrected chi connectivity index (χ2v) is 7.81. The number of thiazole rings is 1. The average molecular weight is 400 g/mol. The molecule has 0 bridgehead atoms. The van der Waals surface area contributed by atoms with E-state index in [1.165, 1.54) is 17.4 Å². The Morgan fingerprint density at radius 3 is 2.68 bits per heavy atom. The second kappa shape index (κ2) is 7.73. The third-order valence-electron chi connectivity index (χ3n) is 4.41. The Bertz CT molecular complexity index is 968. The maximum absolute atomic E-state index is 12.3. The Labute approximate surface area is 165 Å². The first-order chi connectivity index (χ1) is 13.5. The van der Waals surface area contributed by atoms with Gasteiger partial charge in [0.15, 0.2) is 17.4 Å². The number of aromatic nitrogens is 1. The molecule has 1 aliphatic heterocycles. The van der Waals surface area contributed by atoms with Gasteiger partial charge in [-0.15, -0.1) is 11.3 Å². The Hall–Kier alpha value is -2.71. The molecule has 2 atom stereocenters. The van der Waals surface area contributed by atoms with E-state index in [9.17, 15) is 9.59 Å². The number of ether oxygens (including phenoxy) is 2. The third kappa shape index (κ3) is 3.93. The lowest BCUT2D eigenvalue weighted by Gasteiger charge is -2.35. The Kier molecular flexibility index (Phi) is 5.15. The van der Waals surface area contributed by atoms with Crippen molar-refractivity contribution in [3.05, 3.63) is 42.2 Å². The zero-order valence-corrected chi connectivity index (χ0v) is 16.4. The second-order valence-electron chi connectivity index (χ2n) is 6.78. The zero-order valence-electron chi connectivity index (χ0n) is 15.6. The van der Waals surface area contributed by atoms with Crippen molar-refractivity contribution in [3.63, 3.8) is 0 Å². The largest absolute Gasteiger partial charge is 0.450 e. The van der Waals surface area contributed by atoms with Gasteiger partial charge in [-0.1, -0.05) is 12.1 Å². The van der Waals surface area contributed by atoms with Gasteiger partial charge < -0.3 is 18.8 Å². The monoisotopic (exact) mass is 400 g/mol. The highest BCUT2D eigenvalue weighted by Gasteiger charge is 2.27. The lowest BCUT2D eigenvalue weighted by molar-refractivity contribution is -0.146. The van der Waals surface area contributed by atoms with Gasteiger partial charge in [-0.2, -0.15) is 0 Å². The summed E-state index contributed by atoms with van der Waals surface area (Å²) < 4.78 is 17.4. The minimum Gasteiger partial charge on any atom is -0.450 e. The van der Waals surface area contributed by atoms with E-state index >= 15 is 0 Å². The number of hydrogen-bond acceptors (Lipinski definition) is 7. The minimum absolute atomic E-state index is 0.0372. The van der Waals surface area contributed by atoms with Gasteiger partial charge in [0.05, 0.1) is 22.4 Å². The molecule has 0 aliphatic carbocycles. The van der Waals surface area contributed by atoms with Crippen LogP contribution in [0.3, 0.4) is 0 Å². The van der Waals surface area contributed by atoms with E-state index in [0.717, 1.165) is 10.2 Å². The highest BCUT2D eigenvalue weighted by atomic mass is 32.1. The van der Waals surface area contributed by atoms with Gasteiger partial charge >= 0.3 is 5.97 Å². The molecule has 0 N–H and O–H groups in total. The number of carbonyl (C=O) groups is 2. The summed E-state index contributed by atoms with van der Waals surface area (Å²) in [6.07, 6.45) is -0.0744. The molecule has 3 aromatic rings. The molecule has 4 rings (SSSR count). The third-order valence-corrected chi connectivity index (χ3v) is 5.46. The number of fused-ring (bicyclic) bond motifs is 1. The van der Waals surface area contributed by atoms with Crippen LogP contribution in [0.4, 0.5) is 0 Å². The van der Waals surface area contributed by atoms with Crippen molar-refractivity contribution in [2.75, 3.05) is 19.7 Å². The number of esters is 1. The van der Waals surface area contributed by atoms with E-state index in [4.69, 9.17) is 13.9 Å². The smallest absolute Gasteiger partial charge is 0.374 e. The number of hydrogen-bond donors (Lipinski definition) is 0. The molecule has 1 aliphatic rings. The predicted molar refractivity (Wildman–Crippen MR) is 104 cm³/mol. The first-order valence-electron chi connectivity index (χ1n) is 9.06. The van der Waals surface area contributed by atoms with Gasteiger partial charge in [0, 0.05) is 13.1 Å². The summed E-state index contributed by atoms with van der Waals surface area (Å²) in [5.41, 5.74) is 0.877. The number of rotatable bonds is 4. The van der Waals surface area contributed by atoms with E-state index < -0.39 is 5.97 Å². The Morgan fingerprint density at radius 1 is 1.18 bits per heavy atom. The Morgan fingerprint density at radius 2 is 1.93 bits per heavy atom. The maximum atomic E-state index is 12.3. The first-order valence-corrected chi connectivity index (χ1v) is 9.87. The van der Waals surface area contributed by atoms with E-state index in [-0.39, 0.29) is 30.5 Å². The summed E-state index contributed by atoms with van der Waals surface area (Å²) in [7, 11) is 0. The lowest BCUT2D eigenvalue weighted by Crippen LogP contribution is -2.49. The van der Waals surface area contributed by atoms with Gasteiger partial charge in [0.2, 0.25) is 5.76 Å². The molecule has 1 aromatic carbocycles. The molecule has 0 radical (unpaired) electrons. The molecule has 1 fully saturated rings. The molecular formula is C20H20N2O5S. The fourth-order valence-corrected chi connectivity index (χ4v) is 4.14. The zero-order chi connectivity index (χ0) is 19.7. The topological polar surface area (TPSA) is 81.9 Å². The van der Waals surface area contributed by atoms with Crippen molar-refractivity contribution in [3.8, 4) is 10.8 Å². The van der Waals surface area contributed by atoms with Crippen LogP contribution in [-0.4, -0.2) is 53.7 Å². The molecule has 0 spiro atoms. The van der Waals surface area contributed by atoms with Crippen LogP contribution in [0, 0.1) is 0 Å². The van der Waals surface area contributed by atoms with Crippen LogP contribution in [0.1, 0.15) is 24.4 Å². The standard InChI is InChI=1S/C20H20N2O5S/c1-12-9-22(10-13(2)26-12)18(23)11-25-20(24)16-8-7-15(27-16)19-21-14-5-3-4-6-17(14)28-19/h3-8,12-13H,9-11H2,1-2H3/t12-,13-/m1/s1. The van der Waals surface area contributed by atoms with Crippen molar-refractivity contribution in [2.24, 2.45) is 0 Å². The van der Waals surface area contributed by atoms with Crippen LogP contribution in [-0.2, 0) is 14.3 Å². The molecule has 8 heteroatoms. The fourth-order valence-electron chi connectivity index (χ4n) is 3.21. The van der Waals surface area contributed by atoms with Crippen LogP contribution < -0.4 is 0 Å². The number of furan rings is 1. The van der Waals surface area contributed by atoms with Crippen molar-refractivity contribution in [2.45, 2.75) is 26.1 Å². The molecule has 7 nitrogen and oxygen atoms in total. The van der Waals surface area contributed by atoms with Gasteiger partial charge in [0.1, 0.15) is 0 Å². The fraction of sp³-hybridized carbons (Fsp3) is 0.350. The van der Waals surface area contributed by atoms with Crippen molar-refractivity contribution >= 4 is 33.4 Å². The number of para-hydroxylation sites is 1. The predicted octanol–water partition coefficient (Wildman–Crippen LogP) is 3.35. The SMILES string of the molecule is C[C@@H]1CN(C(=O)COC(=O)c2ccc(-c3nc4ccccc4s3)o2)C[C@@H](C)O1. The first kappa shape index (κ1) is 18.6. The van der Waals surface area contributed by atoms with Crippen LogP contribution in [0.5, 0.6) is 0 Å². The van der Waals surface area contributed by atoms with E-state index in [2.05, 4.69) is 4.98 Å². The van der Waals surface area contributed by atoms with Crippen LogP contribution in [0.2, 0.25) is 0 Å². The number of nitrogens with zero attached hydrogens (tertiary/aromatic N) is 2. The van der Waals surface area contributed by atoms with Gasteiger partial charge in [-0.25, -0.2) is 9.78 Å². The van der Waals surface area contributed by atoms with Crippen LogP contribution in [0.25, 0.3) is 21.0 Å². The number of amides is 1. The van der Waals surface area contributed by atoms with Gasteiger partial charge in [-0.05, 0) is 38.1 Å². The normalized spacial score (nSPS) is 19.7. The van der Waals surface area contributed by atoms with E-state index in [1.807, 2.05) is 38.1 Å². The molecule has 146 valence electrons. The lowest BCUT2D eigenvalue weighted by atomic mass is 10.2. The maximum Gasteiger partial charge on any atom is 0.374 e. The quantitative estimate of drug-likeness (QED) is 0.625. The molecule has 28 heavy (non-hydrogen) atoms. The molecule has 3 heterocycles. The summed E-state index contributed by atoms with van der Waals surface area (Å²) in [6, 6.07) is 11.0. The highest BCUT2D eigenvalue weighted by Crippen LogP contribution is 2.31. The highest BCUT2D eigenvalue weighted by molar-refractivity contribution is 7.21. The molecule has 0 saturated carbocycles. The average Bonchev–Trinajstić information content (AvgIpc) is 3.31. The van der Waals surface area contributed by atoms with E-state index in [0.29, 0.717) is 23.9 Å². The number of carbonyl (C=O) groups excluding carboxylic acids is 2. The summed E-state index contributed by atoms with van der Waals surface area (Å²) in [5, 5.41) is 0.688.